The molecule has 0 saturated heterocycles. The summed E-state index contributed by atoms with van der Waals surface area (Å²) >= 11 is 0. The summed E-state index contributed by atoms with van der Waals surface area (Å²) in [5.41, 5.74) is 2.97. The molecule has 1 saturated carbocycles. The van der Waals surface area contributed by atoms with Crippen molar-refractivity contribution in [2.24, 2.45) is 11.0 Å². The van der Waals surface area contributed by atoms with Crippen LogP contribution in [-0.4, -0.2) is 37.6 Å². The van der Waals surface area contributed by atoms with Crippen LogP contribution in [0.4, 0.5) is 11.4 Å². The molecule has 1 N–H and O–H groups in total. The number of aliphatic carboxylic acids is 1. The van der Waals surface area contributed by atoms with Crippen molar-refractivity contribution in [1.82, 2.24) is 5.01 Å². The number of carbonyl (C=O) groups excluding carboxylic acids is 1. The third-order valence-electron chi connectivity index (χ3n) is 6.20. The number of allylic oxidation sites excluding steroid dienone is 1. The van der Waals surface area contributed by atoms with Gasteiger partial charge in [-0.1, -0.05) is 12.1 Å². The molecule has 1 fully saturated rings. The zero-order valence-electron chi connectivity index (χ0n) is 18.6. The molecule has 11 nitrogen and oxygen atoms in total. The normalized spacial score (nSPS) is 20.3. The van der Waals surface area contributed by atoms with Crippen molar-refractivity contribution in [2.75, 3.05) is 0 Å². The van der Waals surface area contributed by atoms with Gasteiger partial charge in [-0.05, 0) is 54.2 Å². The number of nitro groups is 2. The Morgan fingerprint density at radius 3 is 2.17 bits per heavy atom. The highest BCUT2D eigenvalue weighted by atomic mass is 16.6. The Balaban J connectivity index is 1.69. The van der Waals surface area contributed by atoms with Crippen LogP contribution in [0.1, 0.15) is 49.3 Å². The van der Waals surface area contributed by atoms with Crippen LogP contribution in [0.2, 0.25) is 0 Å². The summed E-state index contributed by atoms with van der Waals surface area (Å²) in [6.45, 7) is 0. The van der Waals surface area contributed by atoms with E-state index in [0.29, 0.717) is 17.7 Å². The third-order valence-corrected chi connectivity index (χ3v) is 6.20. The zero-order valence-corrected chi connectivity index (χ0v) is 18.6. The van der Waals surface area contributed by atoms with E-state index in [1.54, 1.807) is 24.3 Å². The Morgan fingerprint density at radius 2 is 1.60 bits per heavy atom. The molecule has 180 valence electrons. The molecule has 0 aromatic heterocycles. The largest absolute Gasteiger partial charge is 0.481 e. The highest BCUT2D eigenvalue weighted by Crippen LogP contribution is 2.45. The number of carboxylic acids is 1. The fourth-order valence-corrected chi connectivity index (χ4v) is 4.56. The van der Waals surface area contributed by atoms with E-state index in [9.17, 15) is 29.8 Å². The summed E-state index contributed by atoms with van der Waals surface area (Å²) in [5.74, 6) is -1.69. The van der Waals surface area contributed by atoms with Crippen molar-refractivity contribution in [3.05, 3.63) is 85.5 Å². The van der Waals surface area contributed by atoms with E-state index in [2.05, 4.69) is 5.10 Å². The minimum atomic E-state index is -1.09. The van der Waals surface area contributed by atoms with Gasteiger partial charge in [-0.25, -0.2) is 5.01 Å². The maximum absolute atomic E-state index is 13.0. The first-order chi connectivity index (χ1) is 16.7. The monoisotopic (exact) mass is 478 g/mol. The van der Waals surface area contributed by atoms with Gasteiger partial charge >= 0.3 is 5.97 Å². The lowest BCUT2D eigenvalue weighted by molar-refractivity contribution is -0.385. The molecule has 0 spiro atoms. The molecule has 1 aliphatic heterocycles. The van der Waals surface area contributed by atoms with Gasteiger partial charge in [0.25, 0.3) is 11.4 Å². The van der Waals surface area contributed by atoms with Gasteiger partial charge in [0, 0.05) is 36.6 Å². The zero-order chi connectivity index (χ0) is 25.1. The SMILES string of the molecule is O=C(O)CCC(=O)N1N=C2/C(=C\c3ccc([N+](=O)[O-])cc3)CCCC2C1c1ccc([N+](=O)[O-])cc1. The van der Waals surface area contributed by atoms with Gasteiger partial charge in [-0.3, -0.25) is 29.8 Å². The van der Waals surface area contributed by atoms with Crippen molar-refractivity contribution in [3.8, 4) is 0 Å². The molecule has 1 aliphatic carbocycles. The molecule has 2 aliphatic rings. The van der Waals surface area contributed by atoms with Crippen LogP contribution >= 0.6 is 0 Å². The molecule has 11 heteroatoms. The number of non-ortho nitro benzene ring substituents is 2. The van der Waals surface area contributed by atoms with Crippen molar-refractivity contribution in [2.45, 2.75) is 38.1 Å². The number of hydrazone groups is 1. The summed E-state index contributed by atoms with van der Waals surface area (Å²) in [6.07, 6.45) is 3.61. The van der Waals surface area contributed by atoms with E-state index < -0.39 is 27.8 Å². The Kier molecular flexibility index (Phi) is 6.67. The highest BCUT2D eigenvalue weighted by molar-refractivity contribution is 6.08. The van der Waals surface area contributed by atoms with Gasteiger partial charge < -0.3 is 5.11 Å². The number of rotatable bonds is 7. The lowest BCUT2D eigenvalue weighted by atomic mass is 9.77. The predicted octanol–water partition coefficient (Wildman–Crippen LogP) is 4.49. The van der Waals surface area contributed by atoms with Gasteiger partial charge in [-0.2, -0.15) is 5.10 Å². The fourth-order valence-electron chi connectivity index (χ4n) is 4.56. The minimum Gasteiger partial charge on any atom is -0.481 e. The standard InChI is InChI=1S/C24H22N4O7/c29-21(12-13-22(30)31)26-24(16-6-10-19(11-7-16)28(34)35)20-3-1-2-17(23(20)25-26)14-15-4-8-18(9-5-15)27(32)33/h4-11,14,20,24H,1-3,12-13H2,(H,30,31)/b17-14-. The minimum absolute atomic E-state index is 0.0136. The smallest absolute Gasteiger partial charge is 0.303 e. The Labute approximate surface area is 199 Å². The average Bonchev–Trinajstić information content (AvgIpc) is 3.23. The van der Waals surface area contributed by atoms with Crippen LogP contribution in [-0.2, 0) is 9.59 Å². The predicted molar refractivity (Wildman–Crippen MR) is 125 cm³/mol. The number of hydrogen-bond acceptors (Lipinski definition) is 7. The molecule has 0 bridgehead atoms. The second kappa shape index (κ2) is 9.84. The Morgan fingerprint density at radius 1 is 1.00 bits per heavy atom. The maximum Gasteiger partial charge on any atom is 0.303 e. The molecule has 2 aromatic carbocycles. The number of hydrogen-bond donors (Lipinski definition) is 1. The van der Waals surface area contributed by atoms with Gasteiger partial charge in [-0.15, -0.1) is 0 Å². The molecule has 35 heavy (non-hydrogen) atoms. The molecule has 2 aromatic rings. The first-order valence-electron chi connectivity index (χ1n) is 11.1. The number of nitrogens with zero attached hydrogens (tertiary/aromatic N) is 4. The summed E-state index contributed by atoms with van der Waals surface area (Å²) in [6, 6.07) is 11.6. The average molecular weight is 478 g/mol. The summed E-state index contributed by atoms with van der Waals surface area (Å²) in [7, 11) is 0. The van der Waals surface area contributed by atoms with Crippen molar-refractivity contribution < 1.29 is 24.5 Å². The number of nitro benzene ring substituents is 2. The first-order valence-corrected chi connectivity index (χ1v) is 11.1. The van der Waals surface area contributed by atoms with E-state index in [1.165, 1.54) is 29.3 Å². The number of benzene rings is 2. The highest BCUT2D eigenvalue weighted by Gasteiger charge is 2.43. The van der Waals surface area contributed by atoms with E-state index in [-0.39, 0.29) is 30.1 Å². The molecular formula is C24H22N4O7. The topological polar surface area (TPSA) is 156 Å². The van der Waals surface area contributed by atoms with Crippen molar-refractivity contribution in [1.29, 1.82) is 0 Å². The Bertz CT molecular complexity index is 1240. The number of fused-ring (bicyclic) bond motifs is 1. The van der Waals surface area contributed by atoms with E-state index in [0.717, 1.165) is 24.0 Å². The molecule has 1 amide bonds. The van der Waals surface area contributed by atoms with E-state index in [1.807, 2.05) is 6.08 Å². The number of amides is 1. The van der Waals surface area contributed by atoms with Crippen LogP contribution < -0.4 is 0 Å². The van der Waals surface area contributed by atoms with Crippen LogP contribution in [0.5, 0.6) is 0 Å². The van der Waals surface area contributed by atoms with Crippen LogP contribution in [0.3, 0.4) is 0 Å². The molecule has 4 rings (SSSR count). The molecular weight excluding hydrogens is 456 g/mol. The van der Waals surface area contributed by atoms with Gasteiger partial charge in [0.2, 0.25) is 5.91 Å². The van der Waals surface area contributed by atoms with Crippen molar-refractivity contribution >= 4 is 35.0 Å². The summed E-state index contributed by atoms with van der Waals surface area (Å²) < 4.78 is 0. The van der Waals surface area contributed by atoms with Crippen LogP contribution in [0.25, 0.3) is 6.08 Å². The fraction of sp³-hybridized carbons (Fsp3) is 0.292. The molecule has 2 atom stereocenters. The van der Waals surface area contributed by atoms with Gasteiger partial charge in [0.1, 0.15) is 0 Å². The first kappa shape index (κ1) is 23.7. The lowest BCUT2D eigenvalue weighted by Crippen LogP contribution is -2.32. The lowest BCUT2D eigenvalue weighted by Gasteiger charge is -2.29. The Hall–Kier alpha value is -4.41. The number of carboxylic acid groups (broad SMARTS) is 1. The second-order valence-electron chi connectivity index (χ2n) is 8.43. The summed E-state index contributed by atoms with van der Waals surface area (Å²) in [5, 5.41) is 37.0. The van der Waals surface area contributed by atoms with Crippen LogP contribution in [0.15, 0.2) is 59.2 Å². The third kappa shape index (κ3) is 5.08. The molecule has 0 radical (unpaired) electrons. The van der Waals surface area contributed by atoms with E-state index >= 15 is 0 Å². The van der Waals surface area contributed by atoms with Gasteiger partial charge in [0.05, 0.1) is 28.0 Å². The quantitative estimate of drug-likeness (QED) is 0.454. The molecule has 1 heterocycles. The molecule has 2 unspecified atom stereocenters. The summed E-state index contributed by atoms with van der Waals surface area (Å²) in [4.78, 5) is 45.0. The number of carbonyl (C=O) groups is 2. The second-order valence-corrected chi connectivity index (χ2v) is 8.43. The van der Waals surface area contributed by atoms with Gasteiger partial charge in [0.15, 0.2) is 0 Å². The van der Waals surface area contributed by atoms with E-state index in [4.69, 9.17) is 5.11 Å². The van der Waals surface area contributed by atoms with Crippen molar-refractivity contribution in [3.63, 3.8) is 0 Å². The van der Waals surface area contributed by atoms with Crippen LogP contribution in [0, 0.1) is 26.1 Å². The maximum atomic E-state index is 13.0.